The number of piperazine rings is 1. The molecule has 0 bridgehead atoms. The van der Waals surface area contributed by atoms with Gasteiger partial charge in [0.1, 0.15) is 12.1 Å². The monoisotopic (exact) mass is 492 g/mol. The molecule has 4 heterocycles. The maximum Gasteiger partial charge on any atom is 0.276 e. The molecule has 1 fully saturated rings. The minimum atomic E-state index is -0.218. The largest absolute Gasteiger partial charge is 0.369 e. The summed E-state index contributed by atoms with van der Waals surface area (Å²) in [6.45, 7) is 7.42. The van der Waals surface area contributed by atoms with Crippen molar-refractivity contribution >= 4 is 39.9 Å². The summed E-state index contributed by atoms with van der Waals surface area (Å²) in [7, 11) is 0. The maximum absolute atomic E-state index is 12.9. The molecular weight excluding hydrogens is 464 g/mol. The third-order valence-electron chi connectivity index (χ3n) is 6.65. The first-order chi connectivity index (χ1) is 17.0. The number of hydrogen-bond acceptors (Lipinski definition) is 5. The number of aromatic nitrogens is 3. The highest BCUT2D eigenvalue weighted by atomic mass is 35.5. The molecule has 1 aliphatic heterocycles. The number of carbonyl (C=O) groups is 1. The van der Waals surface area contributed by atoms with Crippen LogP contribution in [0.5, 0.6) is 0 Å². The molecule has 5 rings (SSSR count). The predicted octanol–water partition coefficient (Wildman–Crippen LogP) is 2.94. The van der Waals surface area contributed by atoms with Crippen LogP contribution in [0.4, 0.5) is 5.69 Å². The van der Waals surface area contributed by atoms with E-state index in [0.717, 1.165) is 49.7 Å². The second kappa shape index (κ2) is 10.1. The van der Waals surface area contributed by atoms with Crippen molar-refractivity contribution in [2.24, 2.45) is 0 Å². The zero-order valence-corrected chi connectivity index (χ0v) is 20.5. The number of halogens is 1. The quantitative estimate of drug-likeness (QED) is 0.401. The van der Waals surface area contributed by atoms with E-state index in [1.807, 2.05) is 40.9 Å². The van der Waals surface area contributed by atoms with E-state index in [9.17, 15) is 9.59 Å². The van der Waals surface area contributed by atoms with E-state index < -0.39 is 0 Å². The van der Waals surface area contributed by atoms with Crippen molar-refractivity contribution < 1.29 is 4.79 Å². The fraction of sp³-hybridized carbons (Fsp3) is 0.346. The highest BCUT2D eigenvalue weighted by molar-refractivity contribution is 6.30. The second-order valence-corrected chi connectivity index (χ2v) is 9.40. The van der Waals surface area contributed by atoms with E-state index in [1.54, 1.807) is 12.3 Å². The van der Waals surface area contributed by atoms with Gasteiger partial charge in [0, 0.05) is 55.8 Å². The van der Waals surface area contributed by atoms with Crippen molar-refractivity contribution in [3.63, 3.8) is 0 Å². The van der Waals surface area contributed by atoms with E-state index in [0.29, 0.717) is 17.7 Å². The number of nitrogens with one attached hydrogen (secondary N) is 1. The fourth-order valence-electron chi connectivity index (χ4n) is 4.80. The number of amides is 1. The minimum absolute atomic E-state index is 0.0499. The first-order valence-electron chi connectivity index (χ1n) is 12.0. The molecule has 0 unspecified atom stereocenters. The zero-order chi connectivity index (χ0) is 24.4. The number of pyridine rings is 1. The highest BCUT2D eigenvalue weighted by Gasteiger charge is 2.19. The van der Waals surface area contributed by atoms with Crippen molar-refractivity contribution in [3.05, 3.63) is 75.8 Å². The van der Waals surface area contributed by atoms with Gasteiger partial charge in [-0.15, -0.1) is 0 Å². The molecule has 4 aromatic rings. The van der Waals surface area contributed by atoms with Crippen LogP contribution in [0.25, 0.3) is 16.7 Å². The molecule has 1 N–H and O–H groups in total. The van der Waals surface area contributed by atoms with E-state index in [4.69, 9.17) is 11.6 Å². The van der Waals surface area contributed by atoms with E-state index >= 15 is 0 Å². The summed E-state index contributed by atoms with van der Waals surface area (Å²) < 4.78 is 3.27. The summed E-state index contributed by atoms with van der Waals surface area (Å²) in [5.41, 5.74) is 4.06. The Kier molecular flexibility index (Phi) is 6.74. The smallest absolute Gasteiger partial charge is 0.276 e. The zero-order valence-electron chi connectivity index (χ0n) is 19.8. The summed E-state index contributed by atoms with van der Waals surface area (Å²) in [5.74, 6) is -0.184. The third-order valence-corrected chi connectivity index (χ3v) is 6.89. The van der Waals surface area contributed by atoms with Crippen LogP contribution in [0.2, 0.25) is 5.02 Å². The van der Waals surface area contributed by atoms with Gasteiger partial charge in [-0.25, -0.2) is 4.98 Å². The maximum atomic E-state index is 12.9. The number of carbonyl (C=O) groups excluding carboxylic acids is 1. The molecule has 0 radical (unpaired) electrons. The Balaban J connectivity index is 1.12. The van der Waals surface area contributed by atoms with Crippen LogP contribution in [-0.4, -0.2) is 64.0 Å². The van der Waals surface area contributed by atoms with E-state index in [2.05, 4.69) is 33.1 Å². The molecule has 182 valence electrons. The van der Waals surface area contributed by atoms with Crippen LogP contribution < -0.4 is 15.8 Å². The van der Waals surface area contributed by atoms with Gasteiger partial charge in [-0.05, 0) is 61.9 Å². The SMILES string of the molecule is Cc1ccc(Cl)cc1N1CCN(CCCNC(=O)Cn2c(=O)c3cccn3c3cccnc32)CC1. The van der Waals surface area contributed by atoms with E-state index in [1.165, 1.54) is 15.8 Å². The molecule has 0 saturated carbocycles. The van der Waals surface area contributed by atoms with Gasteiger partial charge < -0.3 is 14.6 Å². The van der Waals surface area contributed by atoms with Gasteiger partial charge in [0.05, 0.1) is 5.52 Å². The Morgan fingerprint density at radius 3 is 2.71 bits per heavy atom. The number of fused-ring (bicyclic) bond motifs is 3. The van der Waals surface area contributed by atoms with E-state index in [-0.39, 0.29) is 18.0 Å². The summed E-state index contributed by atoms with van der Waals surface area (Å²) in [6, 6.07) is 13.3. The summed E-state index contributed by atoms with van der Waals surface area (Å²) >= 11 is 6.19. The van der Waals surface area contributed by atoms with Crippen molar-refractivity contribution in [1.29, 1.82) is 0 Å². The van der Waals surface area contributed by atoms with Crippen molar-refractivity contribution in [2.75, 3.05) is 44.2 Å². The Labute approximate surface area is 208 Å². The molecule has 0 aliphatic carbocycles. The Morgan fingerprint density at radius 1 is 1.09 bits per heavy atom. The second-order valence-electron chi connectivity index (χ2n) is 8.96. The lowest BCUT2D eigenvalue weighted by Crippen LogP contribution is -2.47. The Morgan fingerprint density at radius 2 is 1.89 bits per heavy atom. The van der Waals surface area contributed by atoms with Crippen molar-refractivity contribution in [2.45, 2.75) is 19.9 Å². The van der Waals surface area contributed by atoms with Crippen LogP contribution in [0.1, 0.15) is 12.0 Å². The van der Waals surface area contributed by atoms with Crippen LogP contribution in [-0.2, 0) is 11.3 Å². The first kappa shape index (κ1) is 23.4. The highest BCUT2D eigenvalue weighted by Crippen LogP contribution is 2.25. The molecule has 9 heteroatoms. The number of hydrogen-bond donors (Lipinski definition) is 1. The molecule has 1 aliphatic rings. The molecule has 3 aromatic heterocycles. The van der Waals surface area contributed by atoms with Gasteiger partial charge in [0.2, 0.25) is 5.91 Å². The van der Waals surface area contributed by atoms with Crippen molar-refractivity contribution in [1.82, 2.24) is 24.2 Å². The average molecular weight is 493 g/mol. The third kappa shape index (κ3) is 4.90. The predicted molar refractivity (Wildman–Crippen MR) is 139 cm³/mol. The van der Waals surface area contributed by atoms with Gasteiger partial charge in [0.25, 0.3) is 5.56 Å². The van der Waals surface area contributed by atoms with Crippen LogP contribution in [0, 0.1) is 6.92 Å². The number of rotatable bonds is 7. The summed E-state index contributed by atoms with van der Waals surface area (Å²) in [4.78, 5) is 34.8. The Hall–Kier alpha value is -3.36. The number of anilines is 1. The minimum Gasteiger partial charge on any atom is -0.369 e. The molecule has 35 heavy (non-hydrogen) atoms. The van der Waals surface area contributed by atoms with Crippen LogP contribution in [0.3, 0.4) is 0 Å². The lowest BCUT2D eigenvalue weighted by molar-refractivity contribution is -0.121. The normalized spacial score (nSPS) is 14.6. The van der Waals surface area contributed by atoms with Gasteiger partial charge in [-0.1, -0.05) is 17.7 Å². The molecular formula is C26H29ClN6O2. The van der Waals surface area contributed by atoms with Gasteiger partial charge in [-0.2, -0.15) is 0 Å². The van der Waals surface area contributed by atoms with Crippen molar-refractivity contribution in [3.8, 4) is 0 Å². The number of nitrogens with zero attached hydrogens (tertiary/aromatic N) is 5. The molecule has 8 nitrogen and oxygen atoms in total. The molecule has 1 saturated heterocycles. The van der Waals surface area contributed by atoms with Gasteiger partial charge >= 0.3 is 0 Å². The molecule has 1 aromatic carbocycles. The fourth-order valence-corrected chi connectivity index (χ4v) is 4.96. The Bertz CT molecular complexity index is 1420. The number of aryl methyl sites for hydroxylation is 1. The summed E-state index contributed by atoms with van der Waals surface area (Å²) in [6.07, 6.45) is 4.33. The molecule has 0 spiro atoms. The first-order valence-corrected chi connectivity index (χ1v) is 12.3. The average Bonchev–Trinajstić information content (AvgIpc) is 3.37. The van der Waals surface area contributed by atoms with Gasteiger partial charge in [0.15, 0.2) is 5.65 Å². The molecule has 0 atom stereocenters. The lowest BCUT2D eigenvalue weighted by Gasteiger charge is -2.37. The number of benzene rings is 1. The van der Waals surface area contributed by atoms with Crippen LogP contribution >= 0.6 is 11.6 Å². The topological polar surface area (TPSA) is 74.9 Å². The molecule has 1 amide bonds. The standard InChI is InChI=1S/C26H29ClN6O2/c1-19-7-8-20(27)17-23(19)31-15-13-30(14-16-31)11-4-10-28-24(34)18-33-25-21(5-2-9-29-25)32-12-3-6-22(32)26(33)35/h2-3,5-9,12,17H,4,10-11,13-16,18H2,1H3,(H,28,34). The summed E-state index contributed by atoms with van der Waals surface area (Å²) in [5, 5.41) is 3.73. The van der Waals surface area contributed by atoms with Gasteiger partial charge in [-0.3, -0.25) is 19.1 Å². The lowest BCUT2D eigenvalue weighted by atomic mass is 10.1. The van der Waals surface area contributed by atoms with Crippen LogP contribution in [0.15, 0.2) is 59.7 Å².